The van der Waals surface area contributed by atoms with Gasteiger partial charge in [-0.3, -0.25) is 0 Å². The zero-order chi connectivity index (χ0) is 8.69. The van der Waals surface area contributed by atoms with Crippen LogP contribution in [-0.2, 0) is 9.47 Å². The van der Waals surface area contributed by atoms with Crippen molar-refractivity contribution in [3.63, 3.8) is 0 Å². The predicted molar refractivity (Wildman–Crippen MR) is 37.9 cm³/mol. The summed E-state index contributed by atoms with van der Waals surface area (Å²) in [6.07, 6.45) is -0.662. The van der Waals surface area contributed by atoms with Crippen molar-refractivity contribution in [2.75, 3.05) is 7.11 Å². The number of carbonyl (C=O) groups is 1. The minimum atomic E-state index is -1.53. The summed E-state index contributed by atoms with van der Waals surface area (Å²) in [5.41, 5.74) is 0. The van der Waals surface area contributed by atoms with E-state index in [-0.39, 0.29) is 6.42 Å². The molecule has 0 N–H and O–H groups in total. The van der Waals surface area contributed by atoms with Crippen molar-refractivity contribution < 1.29 is 18.7 Å². The van der Waals surface area contributed by atoms with Gasteiger partial charge in [-0.2, -0.15) is 0 Å². The summed E-state index contributed by atoms with van der Waals surface area (Å²) in [5, 5.41) is 0. The molecule has 3 nitrogen and oxygen atoms in total. The SMILES string of the molecule is CCCCC(F)OC(=O)OC. The summed E-state index contributed by atoms with van der Waals surface area (Å²) in [6, 6.07) is 0. The maximum absolute atomic E-state index is 12.5. The summed E-state index contributed by atoms with van der Waals surface area (Å²) in [6.45, 7) is 1.94. The highest BCUT2D eigenvalue weighted by atomic mass is 19.1. The number of ether oxygens (including phenoxy) is 2. The number of hydrogen-bond donors (Lipinski definition) is 0. The summed E-state index contributed by atoms with van der Waals surface area (Å²) >= 11 is 0. The summed E-state index contributed by atoms with van der Waals surface area (Å²) in [5.74, 6) is 0. The molecule has 11 heavy (non-hydrogen) atoms. The lowest BCUT2D eigenvalue weighted by Gasteiger charge is -2.06. The minimum absolute atomic E-state index is 0.242. The number of rotatable bonds is 4. The maximum Gasteiger partial charge on any atom is 0.510 e. The van der Waals surface area contributed by atoms with E-state index in [2.05, 4.69) is 9.47 Å². The van der Waals surface area contributed by atoms with E-state index in [9.17, 15) is 9.18 Å². The topological polar surface area (TPSA) is 35.5 Å². The van der Waals surface area contributed by atoms with Crippen LogP contribution in [0.4, 0.5) is 9.18 Å². The second-order valence-electron chi connectivity index (χ2n) is 2.12. The average Bonchev–Trinajstić information content (AvgIpc) is 2.00. The van der Waals surface area contributed by atoms with E-state index in [0.29, 0.717) is 6.42 Å². The Morgan fingerprint density at radius 2 is 2.27 bits per heavy atom. The largest absolute Gasteiger partial charge is 0.510 e. The van der Waals surface area contributed by atoms with Gasteiger partial charge >= 0.3 is 6.16 Å². The molecule has 0 aliphatic heterocycles. The molecule has 0 aromatic rings. The van der Waals surface area contributed by atoms with Gasteiger partial charge in [0.2, 0.25) is 6.36 Å². The molecule has 0 aromatic heterocycles. The fraction of sp³-hybridized carbons (Fsp3) is 0.857. The molecular formula is C7H13FO3. The molecule has 4 heteroatoms. The lowest BCUT2D eigenvalue weighted by Crippen LogP contribution is -2.13. The van der Waals surface area contributed by atoms with E-state index in [1.807, 2.05) is 6.92 Å². The van der Waals surface area contributed by atoms with Gasteiger partial charge in [0.05, 0.1) is 7.11 Å². The number of carbonyl (C=O) groups excluding carboxylic acids is 1. The molecule has 66 valence electrons. The van der Waals surface area contributed by atoms with E-state index in [0.717, 1.165) is 13.5 Å². The second kappa shape index (κ2) is 5.95. The third-order valence-corrected chi connectivity index (χ3v) is 1.18. The van der Waals surface area contributed by atoms with Gasteiger partial charge in [-0.05, 0) is 6.42 Å². The fourth-order valence-electron chi connectivity index (χ4n) is 0.576. The summed E-state index contributed by atoms with van der Waals surface area (Å²) < 4.78 is 20.8. The van der Waals surface area contributed by atoms with E-state index >= 15 is 0 Å². The predicted octanol–water partition coefficient (Wildman–Crippen LogP) is 2.26. The van der Waals surface area contributed by atoms with Gasteiger partial charge in [0.1, 0.15) is 0 Å². The Kier molecular flexibility index (Phi) is 5.51. The van der Waals surface area contributed by atoms with Crippen molar-refractivity contribution in [1.82, 2.24) is 0 Å². The van der Waals surface area contributed by atoms with Crippen molar-refractivity contribution in [1.29, 1.82) is 0 Å². The highest BCUT2D eigenvalue weighted by Crippen LogP contribution is 2.06. The van der Waals surface area contributed by atoms with Crippen LogP contribution in [-0.4, -0.2) is 19.6 Å². The van der Waals surface area contributed by atoms with Gasteiger partial charge in [0.15, 0.2) is 0 Å². The molecule has 0 saturated carbocycles. The third-order valence-electron chi connectivity index (χ3n) is 1.18. The lowest BCUT2D eigenvalue weighted by atomic mass is 10.2. The van der Waals surface area contributed by atoms with Crippen LogP contribution in [0, 0.1) is 0 Å². The number of unbranched alkanes of at least 4 members (excludes halogenated alkanes) is 1. The standard InChI is InChI=1S/C7H13FO3/c1-3-4-5-6(8)11-7(9)10-2/h6H,3-5H2,1-2H3. The molecule has 0 fully saturated rings. The monoisotopic (exact) mass is 164 g/mol. The van der Waals surface area contributed by atoms with Crippen molar-refractivity contribution >= 4 is 6.16 Å². The first-order chi connectivity index (χ1) is 5.20. The normalized spacial score (nSPS) is 12.3. The Morgan fingerprint density at radius 3 is 2.73 bits per heavy atom. The molecule has 0 spiro atoms. The summed E-state index contributed by atoms with van der Waals surface area (Å²) in [7, 11) is 1.15. The smallest absolute Gasteiger partial charge is 0.438 e. The quantitative estimate of drug-likeness (QED) is 0.598. The molecule has 0 aliphatic rings. The first kappa shape index (κ1) is 10.2. The van der Waals surface area contributed by atoms with Gasteiger partial charge in [-0.1, -0.05) is 13.3 Å². The maximum atomic E-state index is 12.5. The van der Waals surface area contributed by atoms with Gasteiger partial charge in [-0.25, -0.2) is 9.18 Å². The average molecular weight is 164 g/mol. The van der Waals surface area contributed by atoms with Crippen LogP contribution in [0.15, 0.2) is 0 Å². The molecule has 1 unspecified atom stereocenters. The highest BCUT2D eigenvalue weighted by molar-refractivity contribution is 5.59. The molecule has 0 bridgehead atoms. The molecule has 0 saturated heterocycles. The number of halogens is 1. The van der Waals surface area contributed by atoms with Crippen LogP contribution in [0.5, 0.6) is 0 Å². The molecule has 0 heterocycles. The second-order valence-corrected chi connectivity index (χ2v) is 2.12. The first-order valence-corrected chi connectivity index (χ1v) is 3.59. The zero-order valence-corrected chi connectivity index (χ0v) is 6.80. The summed E-state index contributed by atoms with van der Waals surface area (Å²) in [4.78, 5) is 10.3. The van der Waals surface area contributed by atoms with Gasteiger partial charge in [0.25, 0.3) is 0 Å². The molecule has 0 aliphatic carbocycles. The molecule has 0 rings (SSSR count). The highest BCUT2D eigenvalue weighted by Gasteiger charge is 2.11. The van der Waals surface area contributed by atoms with Gasteiger partial charge in [-0.15, -0.1) is 0 Å². The van der Waals surface area contributed by atoms with Crippen molar-refractivity contribution in [2.45, 2.75) is 32.5 Å². The Balaban J connectivity index is 3.35. The van der Waals surface area contributed by atoms with Crippen LogP contribution in [0.1, 0.15) is 26.2 Å². The van der Waals surface area contributed by atoms with Gasteiger partial charge < -0.3 is 9.47 Å². The van der Waals surface area contributed by atoms with Crippen LogP contribution in [0.3, 0.4) is 0 Å². The molecule has 0 aromatic carbocycles. The Hall–Kier alpha value is -0.800. The van der Waals surface area contributed by atoms with E-state index in [4.69, 9.17) is 0 Å². The first-order valence-electron chi connectivity index (χ1n) is 3.59. The van der Waals surface area contributed by atoms with Crippen LogP contribution < -0.4 is 0 Å². The fourth-order valence-corrected chi connectivity index (χ4v) is 0.576. The molecular weight excluding hydrogens is 151 g/mol. The number of methoxy groups -OCH3 is 1. The third kappa shape index (κ3) is 5.63. The van der Waals surface area contributed by atoms with Crippen molar-refractivity contribution in [3.05, 3.63) is 0 Å². The molecule has 0 amide bonds. The minimum Gasteiger partial charge on any atom is -0.438 e. The van der Waals surface area contributed by atoms with Crippen LogP contribution >= 0.6 is 0 Å². The van der Waals surface area contributed by atoms with Crippen LogP contribution in [0.25, 0.3) is 0 Å². The van der Waals surface area contributed by atoms with Gasteiger partial charge in [0, 0.05) is 6.42 Å². The van der Waals surface area contributed by atoms with Crippen LogP contribution in [0.2, 0.25) is 0 Å². The number of alkyl halides is 1. The van der Waals surface area contributed by atoms with E-state index < -0.39 is 12.5 Å². The zero-order valence-electron chi connectivity index (χ0n) is 6.80. The van der Waals surface area contributed by atoms with E-state index in [1.165, 1.54) is 0 Å². The van der Waals surface area contributed by atoms with Crippen molar-refractivity contribution in [2.24, 2.45) is 0 Å². The molecule has 1 atom stereocenters. The lowest BCUT2D eigenvalue weighted by molar-refractivity contribution is -0.0280. The molecule has 0 radical (unpaired) electrons. The Labute approximate surface area is 65.5 Å². The van der Waals surface area contributed by atoms with E-state index in [1.54, 1.807) is 0 Å². The Bertz CT molecular complexity index is 116. The van der Waals surface area contributed by atoms with Crippen molar-refractivity contribution in [3.8, 4) is 0 Å². The Morgan fingerprint density at radius 1 is 1.64 bits per heavy atom. The number of hydrogen-bond acceptors (Lipinski definition) is 3.